The lowest BCUT2D eigenvalue weighted by molar-refractivity contribution is 0.111. The van der Waals surface area contributed by atoms with Crippen molar-refractivity contribution >= 4 is 34.8 Å². The van der Waals surface area contributed by atoms with E-state index in [1.807, 2.05) is 12.1 Å². The van der Waals surface area contributed by atoms with E-state index in [0.29, 0.717) is 39.8 Å². The summed E-state index contributed by atoms with van der Waals surface area (Å²) in [6.07, 6.45) is 3.76. The number of piperidine rings is 1. The number of fused-ring (bicyclic) bond motifs is 2. The standard InChI is InChI=1S/C15H18Cl3N/c1-19-10-3-5-15(19)12(8-16)11(7-10)9-2-4-13(17)14(18)6-9/h2,4,6,10-12,15H,3,5,7-8H2,1H3/t10-,11+,12-,15+/m0/s1. The number of halogens is 3. The highest BCUT2D eigenvalue weighted by atomic mass is 35.5. The van der Waals surface area contributed by atoms with Crippen molar-refractivity contribution < 1.29 is 0 Å². The molecule has 0 saturated carbocycles. The Bertz CT molecular complexity index is 476. The average molecular weight is 319 g/mol. The molecule has 2 bridgehead atoms. The SMILES string of the molecule is CN1[C@H]2CC[C@@H]1[C@@H](CCl)[C@@H](c1ccc(Cl)c(Cl)c1)C2. The van der Waals surface area contributed by atoms with Gasteiger partial charge in [0.25, 0.3) is 0 Å². The molecule has 2 aliphatic heterocycles. The molecule has 4 atom stereocenters. The van der Waals surface area contributed by atoms with Gasteiger partial charge in [-0.3, -0.25) is 0 Å². The first-order valence-corrected chi connectivity index (χ1v) is 8.13. The Labute approximate surface area is 129 Å². The summed E-state index contributed by atoms with van der Waals surface area (Å²) in [5, 5.41) is 1.28. The molecule has 0 amide bonds. The maximum absolute atomic E-state index is 6.27. The molecule has 2 saturated heterocycles. The van der Waals surface area contributed by atoms with Crippen LogP contribution in [-0.2, 0) is 0 Å². The molecular weight excluding hydrogens is 301 g/mol. The molecule has 1 nitrogen and oxygen atoms in total. The van der Waals surface area contributed by atoms with E-state index < -0.39 is 0 Å². The summed E-state index contributed by atoms with van der Waals surface area (Å²) in [4.78, 5) is 2.53. The quantitative estimate of drug-likeness (QED) is 0.708. The van der Waals surface area contributed by atoms with Crippen molar-refractivity contribution in [1.82, 2.24) is 4.90 Å². The van der Waals surface area contributed by atoms with E-state index >= 15 is 0 Å². The van der Waals surface area contributed by atoms with Gasteiger partial charge in [0, 0.05) is 18.0 Å². The number of hydrogen-bond acceptors (Lipinski definition) is 1. The summed E-state index contributed by atoms with van der Waals surface area (Å²) in [5.74, 6) is 1.75. The smallest absolute Gasteiger partial charge is 0.0595 e. The van der Waals surface area contributed by atoms with Crippen LogP contribution in [0.3, 0.4) is 0 Å². The van der Waals surface area contributed by atoms with E-state index in [0.717, 1.165) is 0 Å². The average Bonchev–Trinajstić information content (AvgIpc) is 2.65. The van der Waals surface area contributed by atoms with Crippen molar-refractivity contribution in [2.45, 2.75) is 37.3 Å². The predicted octanol–water partition coefficient (Wildman–Crippen LogP) is 4.80. The second-order valence-corrected chi connectivity index (χ2v) is 6.92. The molecule has 104 valence electrons. The third kappa shape index (κ3) is 2.40. The minimum Gasteiger partial charge on any atom is -0.300 e. The maximum atomic E-state index is 6.27. The van der Waals surface area contributed by atoms with Crippen molar-refractivity contribution in [3.63, 3.8) is 0 Å². The van der Waals surface area contributed by atoms with E-state index in [2.05, 4.69) is 18.0 Å². The van der Waals surface area contributed by atoms with Crippen LogP contribution in [-0.4, -0.2) is 29.9 Å². The third-order valence-corrected chi connectivity index (χ3v) is 6.08. The van der Waals surface area contributed by atoms with E-state index in [1.165, 1.54) is 24.8 Å². The Morgan fingerprint density at radius 2 is 2.00 bits per heavy atom. The van der Waals surface area contributed by atoms with Gasteiger partial charge in [0.15, 0.2) is 0 Å². The van der Waals surface area contributed by atoms with Crippen molar-refractivity contribution in [2.75, 3.05) is 12.9 Å². The lowest BCUT2D eigenvalue weighted by Crippen LogP contribution is -2.46. The second-order valence-electron chi connectivity index (χ2n) is 5.80. The van der Waals surface area contributed by atoms with Gasteiger partial charge in [-0.1, -0.05) is 29.3 Å². The fraction of sp³-hybridized carbons (Fsp3) is 0.600. The highest BCUT2D eigenvalue weighted by Gasteiger charge is 2.45. The van der Waals surface area contributed by atoms with Crippen molar-refractivity contribution in [1.29, 1.82) is 0 Å². The first kappa shape index (κ1) is 14.0. The molecule has 2 heterocycles. The first-order valence-electron chi connectivity index (χ1n) is 6.84. The van der Waals surface area contributed by atoms with Crippen LogP contribution in [0.2, 0.25) is 10.0 Å². The summed E-state index contributed by atoms with van der Waals surface area (Å²) < 4.78 is 0. The summed E-state index contributed by atoms with van der Waals surface area (Å²) in [6.45, 7) is 0. The van der Waals surface area contributed by atoms with Gasteiger partial charge in [0.1, 0.15) is 0 Å². The zero-order valence-electron chi connectivity index (χ0n) is 11.0. The monoisotopic (exact) mass is 317 g/mol. The molecule has 0 unspecified atom stereocenters. The van der Waals surface area contributed by atoms with Crippen LogP contribution >= 0.6 is 34.8 Å². The first-order chi connectivity index (χ1) is 9.11. The minimum atomic E-state index is 0.515. The van der Waals surface area contributed by atoms with Gasteiger partial charge in [0.2, 0.25) is 0 Å². The zero-order valence-corrected chi connectivity index (χ0v) is 13.2. The molecule has 2 fully saturated rings. The van der Waals surface area contributed by atoms with Gasteiger partial charge in [-0.25, -0.2) is 0 Å². The molecule has 4 heteroatoms. The minimum absolute atomic E-state index is 0.515. The summed E-state index contributed by atoms with van der Waals surface area (Å²) in [6, 6.07) is 7.37. The van der Waals surface area contributed by atoms with E-state index in [4.69, 9.17) is 34.8 Å². The molecule has 0 aromatic heterocycles. The largest absolute Gasteiger partial charge is 0.300 e. The topological polar surface area (TPSA) is 3.24 Å². The van der Waals surface area contributed by atoms with Crippen LogP contribution in [0.4, 0.5) is 0 Å². The van der Waals surface area contributed by atoms with Crippen LogP contribution in [0.1, 0.15) is 30.7 Å². The van der Waals surface area contributed by atoms with Gasteiger partial charge in [-0.15, -0.1) is 11.6 Å². The van der Waals surface area contributed by atoms with Gasteiger partial charge < -0.3 is 4.90 Å². The Hall–Kier alpha value is 0.0500. The molecule has 0 radical (unpaired) electrons. The molecule has 3 rings (SSSR count). The van der Waals surface area contributed by atoms with E-state index in [9.17, 15) is 0 Å². The van der Waals surface area contributed by atoms with E-state index in [1.54, 1.807) is 0 Å². The lowest BCUT2D eigenvalue weighted by atomic mass is 9.77. The summed E-state index contributed by atoms with van der Waals surface area (Å²) in [5.41, 5.74) is 1.30. The Morgan fingerprint density at radius 3 is 2.68 bits per heavy atom. The molecule has 1 aromatic carbocycles. The summed E-state index contributed by atoms with van der Waals surface area (Å²) in [7, 11) is 2.24. The molecule has 0 aliphatic carbocycles. The lowest BCUT2D eigenvalue weighted by Gasteiger charge is -2.42. The van der Waals surface area contributed by atoms with Crippen LogP contribution in [0.15, 0.2) is 18.2 Å². The highest BCUT2D eigenvalue weighted by molar-refractivity contribution is 6.42. The number of rotatable bonds is 2. The van der Waals surface area contributed by atoms with Gasteiger partial charge >= 0.3 is 0 Å². The molecule has 19 heavy (non-hydrogen) atoms. The molecule has 0 N–H and O–H groups in total. The van der Waals surface area contributed by atoms with Crippen LogP contribution in [0.5, 0.6) is 0 Å². The maximum Gasteiger partial charge on any atom is 0.0595 e. The number of alkyl halides is 1. The highest BCUT2D eigenvalue weighted by Crippen LogP contribution is 2.47. The number of hydrogen-bond donors (Lipinski definition) is 0. The van der Waals surface area contributed by atoms with Crippen molar-refractivity contribution in [3.05, 3.63) is 33.8 Å². The Balaban J connectivity index is 1.93. The number of nitrogens with zero attached hydrogens (tertiary/aromatic N) is 1. The van der Waals surface area contributed by atoms with Gasteiger partial charge in [-0.2, -0.15) is 0 Å². The summed E-state index contributed by atoms with van der Waals surface area (Å²) >= 11 is 18.4. The molecule has 0 spiro atoms. The predicted molar refractivity (Wildman–Crippen MR) is 82.6 cm³/mol. The zero-order chi connectivity index (χ0) is 13.6. The number of benzene rings is 1. The molecule has 1 aromatic rings. The Morgan fingerprint density at radius 1 is 1.21 bits per heavy atom. The van der Waals surface area contributed by atoms with E-state index in [-0.39, 0.29) is 0 Å². The van der Waals surface area contributed by atoms with Crippen LogP contribution in [0.25, 0.3) is 0 Å². The third-order valence-electron chi connectivity index (χ3n) is 4.98. The molecule has 2 aliphatic rings. The van der Waals surface area contributed by atoms with Crippen LogP contribution < -0.4 is 0 Å². The normalized spacial score (nSPS) is 34.7. The fourth-order valence-electron chi connectivity index (χ4n) is 3.91. The Kier molecular flexibility index (Phi) is 4.01. The van der Waals surface area contributed by atoms with Crippen molar-refractivity contribution in [2.24, 2.45) is 5.92 Å². The van der Waals surface area contributed by atoms with Crippen LogP contribution in [0, 0.1) is 5.92 Å². The fourth-order valence-corrected chi connectivity index (χ4v) is 4.64. The second kappa shape index (κ2) is 5.44. The van der Waals surface area contributed by atoms with Gasteiger partial charge in [0.05, 0.1) is 10.0 Å². The molecular formula is C15H18Cl3N. The van der Waals surface area contributed by atoms with Gasteiger partial charge in [-0.05, 0) is 55.8 Å². The van der Waals surface area contributed by atoms with Crippen molar-refractivity contribution in [3.8, 4) is 0 Å².